The van der Waals surface area contributed by atoms with E-state index >= 15 is 0 Å². The SMILES string of the molecule is CN(C(=O)c1cn(C)cn1)c1ccc(/C(N)=N/O)cc1. The van der Waals surface area contributed by atoms with Crippen LogP contribution in [0.5, 0.6) is 0 Å². The average molecular weight is 273 g/mol. The van der Waals surface area contributed by atoms with Crippen molar-refractivity contribution in [3.05, 3.63) is 48.0 Å². The number of benzene rings is 1. The second-order valence-electron chi connectivity index (χ2n) is 4.32. The number of nitrogens with two attached hydrogens (primary N) is 1. The molecule has 7 heteroatoms. The molecule has 0 unspecified atom stereocenters. The number of hydrogen-bond acceptors (Lipinski definition) is 4. The third-order valence-electron chi connectivity index (χ3n) is 2.89. The van der Waals surface area contributed by atoms with Gasteiger partial charge in [0.25, 0.3) is 5.91 Å². The summed E-state index contributed by atoms with van der Waals surface area (Å²) in [5.41, 5.74) is 7.12. The fourth-order valence-corrected chi connectivity index (χ4v) is 1.73. The largest absolute Gasteiger partial charge is 0.409 e. The maximum absolute atomic E-state index is 12.2. The third-order valence-corrected chi connectivity index (χ3v) is 2.89. The Balaban J connectivity index is 2.21. The number of carbonyl (C=O) groups is 1. The van der Waals surface area contributed by atoms with Gasteiger partial charge in [0, 0.05) is 31.5 Å². The van der Waals surface area contributed by atoms with Crippen molar-refractivity contribution in [3.63, 3.8) is 0 Å². The lowest BCUT2D eigenvalue weighted by molar-refractivity contribution is 0.0988. The molecule has 0 saturated carbocycles. The first kappa shape index (κ1) is 13.6. The molecule has 0 aliphatic rings. The fourth-order valence-electron chi connectivity index (χ4n) is 1.73. The Kier molecular flexibility index (Phi) is 3.69. The molecule has 2 aromatic rings. The molecule has 1 heterocycles. The molecule has 0 aliphatic carbocycles. The Morgan fingerprint density at radius 1 is 1.40 bits per heavy atom. The van der Waals surface area contributed by atoms with Gasteiger partial charge in [0.1, 0.15) is 5.69 Å². The van der Waals surface area contributed by atoms with Gasteiger partial charge < -0.3 is 20.4 Å². The summed E-state index contributed by atoms with van der Waals surface area (Å²) in [5, 5.41) is 11.5. The number of hydrogen-bond donors (Lipinski definition) is 2. The number of aryl methyl sites for hydroxylation is 1. The maximum atomic E-state index is 12.2. The third kappa shape index (κ3) is 2.61. The minimum absolute atomic E-state index is 0.0234. The summed E-state index contributed by atoms with van der Waals surface area (Å²) < 4.78 is 1.71. The van der Waals surface area contributed by atoms with Gasteiger partial charge >= 0.3 is 0 Å². The van der Waals surface area contributed by atoms with Crippen molar-refractivity contribution in [3.8, 4) is 0 Å². The lowest BCUT2D eigenvalue weighted by Gasteiger charge is -2.16. The van der Waals surface area contributed by atoms with Crippen LogP contribution >= 0.6 is 0 Å². The Bertz CT molecular complexity index is 645. The molecule has 3 N–H and O–H groups in total. The number of amidine groups is 1. The molecular weight excluding hydrogens is 258 g/mol. The Hall–Kier alpha value is -2.83. The van der Waals surface area contributed by atoms with Crippen molar-refractivity contribution < 1.29 is 10.0 Å². The van der Waals surface area contributed by atoms with E-state index in [1.54, 1.807) is 55.5 Å². The summed E-state index contributed by atoms with van der Waals surface area (Å²) in [5.74, 6) is -0.183. The summed E-state index contributed by atoms with van der Waals surface area (Å²) in [6, 6.07) is 6.78. The molecule has 1 aromatic heterocycles. The van der Waals surface area contributed by atoms with E-state index < -0.39 is 0 Å². The Morgan fingerprint density at radius 2 is 2.05 bits per heavy atom. The predicted molar refractivity (Wildman–Crippen MR) is 74.9 cm³/mol. The highest BCUT2D eigenvalue weighted by Crippen LogP contribution is 2.16. The second kappa shape index (κ2) is 5.43. The molecule has 0 atom stereocenters. The van der Waals surface area contributed by atoms with Crippen LogP contribution < -0.4 is 10.6 Å². The van der Waals surface area contributed by atoms with E-state index in [1.807, 2.05) is 0 Å². The van der Waals surface area contributed by atoms with Gasteiger partial charge in [-0.25, -0.2) is 4.98 Å². The lowest BCUT2D eigenvalue weighted by Crippen LogP contribution is -2.26. The molecule has 104 valence electrons. The number of carbonyl (C=O) groups excluding carboxylic acids is 1. The van der Waals surface area contributed by atoms with Crippen LogP contribution in [-0.2, 0) is 7.05 Å². The number of imidazole rings is 1. The second-order valence-corrected chi connectivity index (χ2v) is 4.32. The van der Waals surface area contributed by atoms with E-state index in [9.17, 15) is 4.79 Å². The molecule has 0 aliphatic heterocycles. The monoisotopic (exact) mass is 273 g/mol. The minimum Gasteiger partial charge on any atom is -0.409 e. The van der Waals surface area contributed by atoms with Crippen molar-refractivity contribution in [1.82, 2.24) is 9.55 Å². The van der Waals surface area contributed by atoms with Crippen LogP contribution in [0.2, 0.25) is 0 Å². The van der Waals surface area contributed by atoms with Crippen LogP contribution in [-0.4, -0.2) is 33.5 Å². The Labute approximate surface area is 115 Å². The van der Waals surface area contributed by atoms with Crippen LogP contribution in [0, 0.1) is 0 Å². The maximum Gasteiger partial charge on any atom is 0.278 e. The van der Waals surface area contributed by atoms with Crippen molar-refractivity contribution in [2.75, 3.05) is 11.9 Å². The van der Waals surface area contributed by atoms with Gasteiger partial charge in [0.2, 0.25) is 0 Å². The highest BCUT2D eigenvalue weighted by Gasteiger charge is 2.15. The van der Waals surface area contributed by atoms with Gasteiger partial charge in [-0.3, -0.25) is 4.79 Å². The molecule has 20 heavy (non-hydrogen) atoms. The smallest absolute Gasteiger partial charge is 0.278 e. The van der Waals surface area contributed by atoms with E-state index in [2.05, 4.69) is 10.1 Å². The normalized spacial score (nSPS) is 11.4. The number of anilines is 1. The number of oxime groups is 1. The van der Waals surface area contributed by atoms with Crippen LogP contribution in [0.15, 0.2) is 41.9 Å². The molecule has 0 spiro atoms. The van der Waals surface area contributed by atoms with Crippen LogP contribution in [0.3, 0.4) is 0 Å². The van der Waals surface area contributed by atoms with E-state index in [0.29, 0.717) is 16.9 Å². The zero-order chi connectivity index (χ0) is 14.7. The van der Waals surface area contributed by atoms with Gasteiger partial charge in [0.15, 0.2) is 5.84 Å². The standard InChI is InChI=1S/C13H15N5O2/c1-17-7-11(15-8-17)13(19)18(2)10-5-3-9(4-6-10)12(14)16-20/h3-8,20H,1-2H3,(H2,14,16). The average Bonchev–Trinajstić information content (AvgIpc) is 2.91. The first-order chi connectivity index (χ1) is 9.52. The Morgan fingerprint density at radius 3 is 2.55 bits per heavy atom. The van der Waals surface area contributed by atoms with Crippen LogP contribution in [0.4, 0.5) is 5.69 Å². The van der Waals surface area contributed by atoms with Crippen molar-refractivity contribution in [2.24, 2.45) is 17.9 Å². The number of nitrogens with zero attached hydrogens (tertiary/aromatic N) is 4. The highest BCUT2D eigenvalue weighted by atomic mass is 16.4. The van der Waals surface area contributed by atoms with E-state index in [1.165, 1.54) is 4.90 Å². The van der Waals surface area contributed by atoms with E-state index in [-0.39, 0.29) is 11.7 Å². The number of aromatic nitrogens is 2. The number of rotatable bonds is 3. The molecule has 2 rings (SSSR count). The topological polar surface area (TPSA) is 96.7 Å². The molecule has 0 radical (unpaired) electrons. The van der Waals surface area contributed by atoms with Crippen molar-refractivity contribution >= 4 is 17.4 Å². The molecule has 1 amide bonds. The molecule has 0 saturated heterocycles. The van der Waals surface area contributed by atoms with Gasteiger partial charge in [-0.05, 0) is 24.3 Å². The molecule has 7 nitrogen and oxygen atoms in total. The summed E-state index contributed by atoms with van der Waals surface area (Å²) in [7, 11) is 3.46. The van der Waals surface area contributed by atoms with Crippen LogP contribution in [0.25, 0.3) is 0 Å². The minimum atomic E-state index is -0.206. The summed E-state index contributed by atoms with van der Waals surface area (Å²) >= 11 is 0. The van der Waals surface area contributed by atoms with E-state index in [0.717, 1.165) is 0 Å². The quantitative estimate of drug-likeness (QED) is 0.374. The van der Waals surface area contributed by atoms with Crippen LogP contribution in [0.1, 0.15) is 16.1 Å². The summed E-state index contributed by atoms with van der Waals surface area (Å²) in [6.07, 6.45) is 3.23. The van der Waals surface area contributed by atoms with Gasteiger partial charge in [-0.2, -0.15) is 0 Å². The zero-order valence-electron chi connectivity index (χ0n) is 11.2. The van der Waals surface area contributed by atoms with Crippen molar-refractivity contribution in [2.45, 2.75) is 0 Å². The van der Waals surface area contributed by atoms with Crippen molar-refractivity contribution in [1.29, 1.82) is 0 Å². The fraction of sp³-hybridized carbons (Fsp3) is 0.154. The first-order valence-corrected chi connectivity index (χ1v) is 5.87. The lowest BCUT2D eigenvalue weighted by atomic mass is 10.2. The molecule has 0 bridgehead atoms. The van der Waals surface area contributed by atoms with Gasteiger partial charge in [-0.1, -0.05) is 5.16 Å². The summed E-state index contributed by atoms with van der Waals surface area (Å²) in [4.78, 5) is 17.7. The molecule has 1 aromatic carbocycles. The predicted octanol–water partition coefficient (Wildman–Crippen LogP) is 0.791. The van der Waals surface area contributed by atoms with Gasteiger partial charge in [-0.15, -0.1) is 0 Å². The summed E-state index contributed by atoms with van der Waals surface area (Å²) in [6.45, 7) is 0. The van der Waals surface area contributed by atoms with E-state index in [4.69, 9.17) is 10.9 Å². The molecular formula is C13H15N5O2. The number of amides is 1. The highest BCUT2D eigenvalue weighted by molar-refractivity contribution is 6.04. The van der Waals surface area contributed by atoms with Gasteiger partial charge in [0.05, 0.1) is 6.33 Å². The first-order valence-electron chi connectivity index (χ1n) is 5.87. The zero-order valence-corrected chi connectivity index (χ0v) is 11.2. The molecule has 0 fully saturated rings.